The number of aromatic nitrogens is 1. The molecule has 3 rings (SSSR count). The van der Waals surface area contributed by atoms with E-state index in [0.29, 0.717) is 12.1 Å². The van der Waals surface area contributed by atoms with Crippen molar-refractivity contribution in [3.63, 3.8) is 0 Å². The first kappa shape index (κ1) is 13.6. The third-order valence-corrected chi connectivity index (χ3v) is 3.93. The first-order chi connectivity index (χ1) is 9.65. The zero-order valence-electron chi connectivity index (χ0n) is 10.6. The number of amides is 1. The Hall–Kier alpha value is -1.33. The quantitative estimate of drug-likeness (QED) is 0.782. The first-order valence-electron chi connectivity index (χ1n) is 6.29. The summed E-state index contributed by atoms with van der Waals surface area (Å²) in [5.41, 5.74) is 0.416. The highest BCUT2D eigenvalue weighted by atomic mass is 79.9. The third-order valence-electron chi connectivity index (χ3n) is 3.19. The number of carbonyl (C=O) groups excluding carboxylic acids is 1. The van der Waals surface area contributed by atoms with Gasteiger partial charge in [0.15, 0.2) is 0 Å². The molecule has 0 aromatic carbocycles. The molecule has 0 aliphatic heterocycles. The third kappa shape index (κ3) is 2.88. The summed E-state index contributed by atoms with van der Waals surface area (Å²) in [7, 11) is 0. The molecular weight excluding hydrogens is 344 g/mol. The molecule has 0 N–H and O–H groups in total. The molecule has 1 aliphatic carbocycles. The highest BCUT2D eigenvalue weighted by Gasteiger charge is 2.34. The molecule has 104 valence electrons. The molecule has 0 radical (unpaired) electrons. The average Bonchev–Trinajstić information content (AvgIpc) is 3.15. The van der Waals surface area contributed by atoms with Crippen molar-refractivity contribution in [1.82, 2.24) is 9.88 Å². The molecule has 2 aromatic heterocycles. The summed E-state index contributed by atoms with van der Waals surface area (Å²) in [6, 6.07) is 5.65. The zero-order valence-corrected chi connectivity index (χ0v) is 12.9. The molecule has 0 bridgehead atoms. The van der Waals surface area contributed by atoms with E-state index in [-0.39, 0.29) is 17.1 Å². The maximum absolute atomic E-state index is 12.7. The number of hydrogen-bond donors (Lipinski definition) is 0. The van der Waals surface area contributed by atoms with Crippen LogP contribution in [0.4, 0.5) is 0 Å². The van der Waals surface area contributed by atoms with Crippen LogP contribution in [-0.4, -0.2) is 21.8 Å². The molecule has 2 aromatic rings. The van der Waals surface area contributed by atoms with Crippen LogP contribution < -0.4 is 0 Å². The number of furan rings is 1. The molecule has 1 fully saturated rings. The van der Waals surface area contributed by atoms with Crippen molar-refractivity contribution in [3.05, 3.63) is 51.6 Å². The van der Waals surface area contributed by atoms with Crippen LogP contribution >= 0.6 is 27.5 Å². The Labute approximate surface area is 129 Å². The second-order valence-corrected chi connectivity index (χ2v) is 6.01. The number of hydrogen-bond acceptors (Lipinski definition) is 3. The van der Waals surface area contributed by atoms with Crippen molar-refractivity contribution >= 4 is 33.4 Å². The lowest BCUT2D eigenvalue weighted by Crippen LogP contribution is -2.32. The van der Waals surface area contributed by atoms with E-state index in [1.54, 1.807) is 23.4 Å². The van der Waals surface area contributed by atoms with Gasteiger partial charge in [-0.05, 0) is 47.0 Å². The van der Waals surface area contributed by atoms with Gasteiger partial charge in [-0.1, -0.05) is 11.6 Å². The SMILES string of the molecule is O=C(c1cc(Br)cnc1Cl)N(Cc1ccco1)C1CC1. The molecule has 0 spiro atoms. The Morgan fingerprint density at radius 2 is 2.35 bits per heavy atom. The van der Waals surface area contributed by atoms with E-state index >= 15 is 0 Å². The second-order valence-electron chi connectivity index (χ2n) is 4.74. The maximum Gasteiger partial charge on any atom is 0.257 e. The topological polar surface area (TPSA) is 46.3 Å². The van der Waals surface area contributed by atoms with E-state index < -0.39 is 0 Å². The van der Waals surface area contributed by atoms with Gasteiger partial charge in [0.2, 0.25) is 0 Å². The van der Waals surface area contributed by atoms with Crippen molar-refractivity contribution < 1.29 is 9.21 Å². The number of nitrogens with zero attached hydrogens (tertiary/aromatic N) is 2. The van der Waals surface area contributed by atoms with Gasteiger partial charge in [0, 0.05) is 16.7 Å². The predicted molar refractivity (Wildman–Crippen MR) is 78.6 cm³/mol. The van der Waals surface area contributed by atoms with Crippen LogP contribution in [0.3, 0.4) is 0 Å². The predicted octanol–water partition coefficient (Wildman–Crippen LogP) is 3.90. The molecule has 0 saturated heterocycles. The lowest BCUT2D eigenvalue weighted by Gasteiger charge is -2.21. The van der Waals surface area contributed by atoms with Gasteiger partial charge in [0.05, 0.1) is 18.4 Å². The van der Waals surface area contributed by atoms with E-state index in [1.807, 2.05) is 12.1 Å². The smallest absolute Gasteiger partial charge is 0.257 e. The average molecular weight is 356 g/mol. The standard InChI is InChI=1S/C14H12BrClN2O2/c15-9-6-12(13(16)17-7-9)14(19)18(10-3-4-10)8-11-2-1-5-20-11/h1-2,5-7,10H,3-4,8H2. The minimum absolute atomic E-state index is 0.109. The molecule has 1 amide bonds. The van der Waals surface area contributed by atoms with Crippen molar-refractivity contribution in [3.8, 4) is 0 Å². The van der Waals surface area contributed by atoms with E-state index in [4.69, 9.17) is 16.0 Å². The molecule has 0 unspecified atom stereocenters. The van der Waals surface area contributed by atoms with Gasteiger partial charge in [-0.15, -0.1) is 0 Å². The van der Waals surface area contributed by atoms with Crippen molar-refractivity contribution in [2.24, 2.45) is 0 Å². The summed E-state index contributed by atoms with van der Waals surface area (Å²) in [4.78, 5) is 18.5. The Morgan fingerprint density at radius 3 is 3.00 bits per heavy atom. The Kier molecular flexibility index (Phi) is 3.81. The van der Waals surface area contributed by atoms with Gasteiger partial charge < -0.3 is 9.32 Å². The normalized spacial score (nSPS) is 14.3. The highest BCUT2D eigenvalue weighted by molar-refractivity contribution is 9.10. The molecular formula is C14H12BrClN2O2. The van der Waals surface area contributed by atoms with Gasteiger partial charge in [-0.2, -0.15) is 0 Å². The summed E-state index contributed by atoms with van der Waals surface area (Å²) in [5.74, 6) is 0.659. The van der Waals surface area contributed by atoms with Crippen LogP contribution in [0.1, 0.15) is 29.0 Å². The second kappa shape index (κ2) is 5.58. The zero-order chi connectivity index (χ0) is 14.1. The van der Waals surface area contributed by atoms with Crippen molar-refractivity contribution in [2.75, 3.05) is 0 Å². The Balaban J connectivity index is 1.87. The molecule has 2 heterocycles. The van der Waals surface area contributed by atoms with E-state index in [0.717, 1.165) is 23.1 Å². The summed E-state index contributed by atoms with van der Waals surface area (Å²) in [5, 5.41) is 0.225. The lowest BCUT2D eigenvalue weighted by atomic mass is 10.2. The van der Waals surface area contributed by atoms with Crippen LogP contribution in [0.25, 0.3) is 0 Å². The van der Waals surface area contributed by atoms with E-state index in [1.165, 1.54) is 0 Å². The number of halogens is 2. The van der Waals surface area contributed by atoms with Crippen LogP contribution in [0.2, 0.25) is 5.15 Å². The summed E-state index contributed by atoms with van der Waals surface area (Å²) in [6.45, 7) is 0.458. The fraction of sp³-hybridized carbons (Fsp3) is 0.286. The first-order valence-corrected chi connectivity index (χ1v) is 7.46. The number of rotatable bonds is 4. The number of pyridine rings is 1. The van der Waals surface area contributed by atoms with Crippen molar-refractivity contribution in [2.45, 2.75) is 25.4 Å². The fourth-order valence-electron chi connectivity index (χ4n) is 2.05. The molecule has 4 nitrogen and oxygen atoms in total. The monoisotopic (exact) mass is 354 g/mol. The number of carbonyl (C=O) groups is 1. The Morgan fingerprint density at radius 1 is 1.55 bits per heavy atom. The summed E-state index contributed by atoms with van der Waals surface area (Å²) in [6.07, 6.45) is 5.22. The van der Waals surface area contributed by atoms with Gasteiger partial charge in [0.1, 0.15) is 10.9 Å². The summed E-state index contributed by atoms with van der Waals surface area (Å²) >= 11 is 9.36. The van der Waals surface area contributed by atoms with Gasteiger partial charge >= 0.3 is 0 Å². The minimum Gasteiger partial charge on any atom is -0.467 e. The lowest BCUT2D eigenvalue weighted by molar-refractivity contribution is 0.0717. The van der Waals surface area contributed by atoms with E-state index in [9.17, 15) is 4.79 Å². The molecule has 0 atom stereocenters. The minimum atomic E-state index is -0.109. The van der Waals surface area contributed by atoms with Crippen LogP contribution in [-0.2, 0) is 6.54 Å². The summed E-state index contributed by atoms with van der Waals surface area (Å²) < 4.78 is 6.07. The molecule has 1 aliphatic rings. The molecule has 20 heavy (non-hydrogen) atoms. The van der Waals surface area contributed by atoms with Gasteiger partial charge in [-0.3, -0.25) is 4.79 Å². The van der Waals surface area contributed by atoms with Gasteiger partial charge in [0.25, 0.3) is 5.91 Å². The van der Waals surface area contributed by atoms with Crippen LogP contribution in [0.5, 0.6) is 0 Å². The van der Waals surface area contributed by atoms with Gasteiger partial charge in [-0.25, -0.2) is 4.98 Å². The van der Waals surface area contributed by atoms with Crippen molar-refractivity contribution in [1.29, 1.82) is 0 Å². The van der Waals surface area contributed by atoms with E-state index in [2.05, 4.69) is 20.9 Å². The Bertz CT molecular complexity index is 626. The largest absolute Gasteiger partial charge is 0.467 e. The maximum atomic E-state index is 12.7. The van der Waals surface area contributed by atoms with Crippen LogP contribution in [0.15, 0.2) is 39.5 Å². The molecule has 1 saturated carbocycles. The highest BCUT2D eigenvalue weighted by Crippen LogP contribution is 2.31. The molecule has 6 heteroatoms. The van der Waals surface area contributed by atoms with Crippen LogP contribution in [0, 0.1) is 0 Å². The fourth-order valence-corrected chi connectivity index (χ4v) is 2.57.